The minimum Gasteiger partial charge on any atom is -0.369 e. The molecule has 0 aliphatic carbocycles. The highest BCUT2D eigenvalue weighted by Gasteiger charge is 2.71. The van der Waals surface area contributed by atoms with E-state index in [0.29, 0.717) is 12.1 Å². The van der Waals surface area contributed by atoms with Crippen molar-refractivity contribution in [2.45, 2.75) is 24.9 Å². The molecule has 0 spiro atoms. The van der Waals surface area contributed by atoms with E-state index < -0.39 is 29.4 Å². The number of benzene rings is 2. The Morgan fingerprint density at radius 2 is 1.70 bits per heavy atom. The Bertz CT molecular complexity index is 985. The van der Waals surface area contributed by atoms with Crippen LogP contribution < -0.4 is 5.32 Å². The Hall–Kier alpha value is -3.21. The van der Waals surface area contributed by atoms with Crippen LogP contribution in [0.15, 0.2) is 48.2 Å². The number of nitroso groups, excluding NO2 is 1. The van der Waals surface area contributed by atoms with Gasteiger partial charge < -0.3 is 10.4 Å². The van der Waals surface area contributed by atoms with Gasteiger partial charge in [0.1, 0.15) is 5.69 Å². The minimum atomic E-state index is -6.05. The van der Waals surface area contributed by atoms with E-state index in [0.717, 1.165) is 19.1 Å². The third kappa shape index (κ3) is 4.06. The molecule has 0 saturated heterocycles. The fourth-order valence-electron chi connectivity index (χ4n) is 2.73. The zero-order chi connectivity index (χ0) is 22.9. The lowest BCUT2D eigenvalue weighted by molar-refractivity contribution is -0.376. The van der Waals surface area contributed by atoms with Gasteiger partial charge in [0, 0.05) is 11.1 Å². The molecule has 0 fully saturated rings. The summed E-state index contributed by atoms with van der Waals surface area (Å²) in [6.45, 7) is 4.49. The predicted molar refractivity (Wildman–Crippen MR) is 97.1 cm³/mol. The number of hydrogen-bond acceptors (Lipinski definition) is 4. The third-order valence-corrected chi connectivity index (χ3v) is 4.28. The van der Waals surface area contributed by atoms with E-state index in [1.807, 2.05) is 0 Å². The number of amides is 1. The van der Waals surface area contributed by atoms with Crippen LogP contribution in [0.1, 0.15) is 27.0 Å². The zero-order valence-electron chi connectivity index (χ0n) is 15.2. The van der Waals surface area contributed by atoms with E-state index in [2.05, 4.69) is 17.1 Å². The minimum absolute atomic E-state index is 0.0207. The van der Waals surface area contributed by atoms with Gasteiger partial charge >= 0.3 is 12.4 Å². The summed E-state index contributed by atoms with van der Waals surface area (Å²) in [6.07, 6.45) is -11.2. The number of halogens is 6. The van der Waals surface area contributed by atoms with Gasteiger partial charge in [-0.3, -0.25) is 4.79 Å². The number of carbonyl (C=O) groups excluding carboxylic acids is 1. The lowest BCUT2D eigenvalue weighted by Gasteiger charge is -2.33. The van der Waals surface area contributed by atoms with Gasteiger partial charge in [-0.15, -0.1) is 4.91 Å². The Labute approximate surface area is 166 Å². The highest BCUT2D eigenvalue weighted by Crippen LogP contribution is 2.50. The van der Waals surface area contributed by atoms with Gasteiger partial charge in [-0.1, -0.05) is 24.8 Å². The molecule has 11 heteroatoms. The molecule has 160 valence electrons. The predicted octanol–water partition coefficient (Wildman–Crippen LogP) is 5.60. The van der Waals surface area contributed by atoms with E-state index in [1.54, 1.807) is 0 Å². The number of anilines is 1. The summed E-state index contributed by atoms with van der Waals surface area (Å²) < 4.78 is 78.9. The van der Waals surface area contributed by atoms with Gasteiger partial charge in [0.25, 0.3) is 11.5 Å². The summed E-state index contributed by atoms with van der Waals surface area (Å²) >= 11 is 0. The first kappa shape index (κ1) is 23.1. The van der Waals surface area contributed by atoms with Crippen molar-refractivity contribution in [2.24, 2.45) is 5.18 Å². The van der Waals surface area contributed by atoms with E-state index in [1.165, 1.54) is 18.2 Å². The number of nitrogens with one attached hydrogen (secondary N) is 1. The molecule has 0 aromatic heterocycles. The van der Waals surface area contributed by atoms with Crippen molar-refractivity contribution in [1.82, 2.24) is 0 Å². The van der Waals surface area contributed by atoms with Gasteiger partial charge in [-0.25, -0.2) is 0 Å². The molecule has 0 saturated carbocycles. The van der Waals surface area contributed by atoms with Crippen LogP contribution in [0.3, 0.4) is 0 Å². The normalized spacial score (nSPS) is 12.4. The first-order valence-corrected chi connectivity index (χ1v) is 8.14. The molecule has 0 bridgehead atoms. The molecule has 30 heavy (non-hydrogen) atoms. The lowest BCUT2D eigenvalue weighted by atomic mass is 9.88. The maximum Gasteiger partial charge on any atom is 0.430 e. The van der Waals surface area contributed by atoms with Crippen molar-refractivity contribution in [3.63, 3.8) is 0 Å². The summed E-state index contributed by atoms with van der Waals surface area (Å²) in [6, 6.07) is 6.09. The Kier molecular flexibility index (Phi) is 6.08. The average Bonchev–Trinajstić information content (AvgIpc) is 2.66. The summed E-state index contributed by atoms with van der Waals surface area (Å²) in [5.74, 6) is -0.790. The van der Waals surface area contributed by atoms with Crippen LogP contribution in [0.4, 0.5) is 37.7 Å². The molecular weight excluding hydrogens is 418 g/mol. The fourth-order valence-corrected chi connectivity index (χ4v) is 2.73. The van der Waals surface area contributed by atoms with E-state index >= 15 is 0 Å². The molecule has 2 rings (SSSR count). The van der Waals surface area contributed by atoms with Gasteiger partial charge in [-0.2, -0.15) is 26.3 Å². The van der Waals surface area contributed by atoms with Crippen molar-refractivity contribution in [3.8, 4) is 0 Å². The molecule has 0 aliphatic rings. The number of nitrogens with zero attached hydrogens (tertiary/aromatic N) is 1. The van der Waals surface area contributed by atoms with Gasteiger partial charge in [0.2, 0.25) is 0 Å². The average molecular weight is 432 g/mol. The second-order valence-corrected chi connectivity index (χ2v) is 6.26. The van der Waals surface area contributed by atoms with Crippen LogP contribution in [0.2, 0.25) is 0 Å². The van der Waals surface area contributed by atoms with Crippen molar-refractivity contribution < 1.29 is 36.2 Å². The monoisotopic (exact) mass is 432 g/mol. The topological polar surface area (TPSA) is 78.8 Å². The number of alkyl halides is 6. The maximum absolute atomic E-state index is 13.2. The SMILES string of the molecule is C=Cc1cc(C(O)(C(F)(F)F)C(F)(F)F)cc(C)c1NC(=O)c1cccc(N=O)c1. The molecule has 0 aliphatic heterocycles. The van der Waals surface area contributed by atoms with E-state index in [9.17, 15) is 41.2 Å². The second-order valence-electron chi connectivity index (χ2n) is 6.26. The Balaban J connectivity index is 2.56. The molecule has 5 nitrogen and oxygen atoms in total. The highest BCUT2D eigenvalue weighted by molar-refractivity contribution is 6.06. The number of aryl methyl sites for hydroxylation is 1. The van der Waals surface area contributed by atoms with Crippen LogP contribution in [0.5, 0.6) is 0 Å². The molecule has 0 unspecified atom stereocenters. The van der Waals surface area contributed by atoms with Crippen LogP contribution >= 0.6 is 0 Å². The quantitative estimate of drug-likeness (QED) is 0.477. The second kappa shape index (κ2) is 7.90. The van der Waals surface area contributed by atoms with Gasteiger partial charge in [0.15, 0.2) is 0 Å². The number of rotatable bonds is 5. The first-order valence-electron chi connectivity index (χ1n) is 8.14. The van der Waals surface area contributed by atoms with E-state index in [4.69, 9.17) is 0 Å². The van der Waals surface area contributed by atoms with Crippen LogP contribution in [0, 0.1) is 11.8 Å². The zero-order valence-corrected chi connectivity index (χ0v) is 15.2. The molecular formula is C19H14F6N2O3. The number of aliphatic hydroxyl groups is 1. The molecule has 1 amide bonds. The lowest BCUT2D eigenvalue weighted by Crippen LogP contribution is -2.54. The molecule has 0 atom stereocenters. The summed E-state index contributed by atoms with van der Waals surface area (Å²) in [5.41, 5.74) is -7.25. The molecule has 2 aromatic carbocycles. The van der Waals surface area contributed by atoms with Crippen molar-refractivity contribution in [3.05, 3.63) is 70.1 Å². The molecule has 2 aromatic rings. The maximum atomic E-state index is 13.2. The third-order valence-electron chi connectivity index (χ3n) is 4.28. The van der Waals surface area contributed by atoms with Crippen molar-refractivity contribution in [2.75, 3.05) is 5.32 Å². The van der Waals surface area contributed by atoms with Gasteiger partial charge in [0.05, 0.1) is 5.69 Å². The van der Waals surface area contributed by atoms with Crippen molar-refractivity contribution >= 4 is 23.4 Å². The van der Waals surface area contributed by atoms with Crippen LogP contribution in [-0.4, -0.2) is 23.4 Å². The Morgan fingerprint density at radius 1 is 1.10 bits per heavy atom. The number of carbonyl (C=O) groups is 1. The molecule has 0 radical (unpaired) electrons. The fraction of sp³-hybridized carbons (Fsp3) is 0.211. The summed E-state index contributed by atoms with van der Waals surface area (Å²) in [7, 11) is 0. The Morgan fingerprint density at radius 3 is 2.20 bits per heavy atom. The summed E-state index contributed by atoms with van der Waals surface area (Å²) in [4.78, 5) is 23.0. The van der Waals surface area contributed by atoms with E-state index in [-0.39, 0.29) is 28.1 Å². The largest absolute Gasteiger partial charge is 0.430 e. The highest BCUT2D eigenvalue weighted by atomic mass is 19.4. The molecule has 2 N–H and O–H groups in total. The van der Waals surface area contributed by atoms with Crippen molar-refractivity contribution in [1.29, 1.82) is 0 Å². The van der Waals surface area contributed by atoms with Crippen LogP contribution in [0.25, 0.3) is 6.08 Å². The number of hydrogen-bond donors (Lipinski definition) is 2. The first-order chi connectivity index (χ1) is 13.8. The standard InChI is InChI=1S/C19H14F6N2O3/c1-3-11-8-13(17(29,18(20,21)22)19(23,24)25)7-10(2)15(11)26-16(28)12-5-4-6-14(9-12)27-30/h3-9,29H,1H2,2H3,(H,26,28). The molecule has 0 heterocycles. The summed E-state index contributed by atoms with van der Waals surface area (Å²) in [5, 5.41) is 14.6. The van der Waals surface area contributed by atoms with Crippen LogP contribution in [-0.2, 0) is 5.60 Å². The smallest absolute Gasteiger partial charge is 0.369 e. The van der Waals surface area contributed by atoms with Gasteiger partial charge in [-0.05, 0) is 47.5 Å².